The van der Waals surface area contributed by atoms with Gasteiger partial charge in [-0.2, -0.15) is 5.10 Å². The Balaban J connectivity index is 2.12. The van der Waals surface area contributed by atoms with Crippen LogP contribution < -0.4 is 5.32 Å². The molecule has 1 atom stereocenters. The summed E-state index contributed by atoms with van der Waals surface area (Å²) in [5.74, 6) is 0.149. The van der Waals surface area contributed by atoms with Crippen LogP contribution in [0, 0.1) is 5.41 Å². The molecule has 1 unspecified atom stereocenters. The minimum Gasteiger partial charge on any atom is -0.340 e. The third kappa shape index (κ3) is 2.56. The van der Waals surface area contributed by atoms with Gasteiger partial charge in [-0.1, -0.05) is 13.8 Å². The second-order valence-corrected chi connectivity index (χ2v) is 5.84. The van der Waals surface area contributed by atoms with Gasteiger partial charge in [0.25, 0.3) is 0 Å². The van der Waals surface area contributed by atoms with E-state index in [4.69, 9.17) is 0 Å². The minimum atomic E-state index is -0.285. The van der Waals surface area contributed by atoms with Gasteiger partial charge in [0, 0.05) is 31.9 Å². The van der Waals surface area contributed by atoms with E-state index in [1.807, 2.05) is 25.2 Å². The van der Waals surface area contributed by atoms with E-state index >= 15 is 0 Å². The molecule has 1 aromatic heterocycles. The van der Waals surface area contributed by atoms with Crippen molar-refractivity contribution in [2.24, 2.45) is 12.5 Å². The predicted octanol–water partition coefficient (Wildman–Crippen LogP) is 0.939. The molecule has 0 spiro atoms. The van der Waals surface area contributed by atoms with E-state index in [-0.39, 0.29) is 17.4 Å². The van der Waals surface area contributed by atoms with Crippen LogP contribution in [-0.4, -0.2) is 40.7 Å². The zero-order chi connectivity index (χ0) is 13.3. The van der Waals surface area contributed by atoms with Crippen LogP contribution in [0.5, 0.6) is 0 Å². The lowest BCUT2D eigenvalue weighted by atomic mass is 9.93. The van der Waals surface area contributed by atoms with Crippen molar-refractivity contribution in [3.05, 3.63) is 18.0 Å². The quantitative estimate of drug-likeness (QED) is 0.868. The lowest BCUT2D eigenvalue weighted by Gasteiger charge is -2.24. The van der Waals surface area contributed by atoms with Gasteiger partial charge in [-0.3, -0.25) is 9.48 Å². The monoisotopic (exact) mass is 250 g/mol. The maximum atomic E-state index is 12.5. The Hall–Kier alpha value is -1.36. The second kappa shape index (κ2) is 4.72. The summed E-state index contributed by atoms with van der Waals surface area (Å²) in [5.41, 5.74) is 1.16. The van der Waals surface area contributed by atoms with Gasteiger partial charge in [-0.15, -0.1) is 0 Å². The third-order valence-corrected chi connectivity index (χ3v) is 3.58. The summed E-state index contributed by atoms with van der Waals surface area (Å²) in [6, 6.07) is -0.285. The highest BCUT2D eigenvalue weighted by Gasteiger charge is 2.35. The highest BCUT2D eigenvalue weighted by atomic mass is 16.2. The summed E-state index contributed by atoms with van der Waals surface area (Å²) in [6.45, 7) is 6.10. The largest absolute Gasteiger partial charge is 0.340 e. The Kier molecular flexibility index (Phi) is 3.43. The van der Waals surface area contributed by atoms with Gasteiger partial charge in [0.15, 0.2) is 0 Å². The number of carbonyl (C=O) groups is 1. The summed E-state index contributed by atoms with van der Waals surface area (Å²) in [5, 5.41) is 7.22. The first-order chi connectivity index (χ1) is 8.43. The normalized spacial score (nSPS) is 20.1. The number of nitrogens with zero attached hydrogens (tertiary/aromatic N) is 3. The van der Waals surface area contributed by atoms with Crippen LogP contribution in [0.1, 0.15) is 31.9 Å². The molecule has 1 saturated heterocycles. The molecule has 2 rings (SSSR count). The molecular formula is C13H22N4O. The van der Waals surface area contributed by atoms with E-state index in [1.54, 1.807) is 10.9 Å². The molecule has 1 aliphatic heterocycles. The average molecular weight is 250 g/mol. The smallest absolute Gasteiger partial charge is 0.244 e. The van der Waals surface area contributed by atoms with Crippen molar-refractivity contribution in [1.29, 1.82) is 0 Å². The number of hydrogen-bond acceptors (Lipinski definition) is 3. The molecule has 5 heteroatoms. The van der Waals surface area contributed by atoms with Crippen molar-refractivity contribution in [2.45, 2.75) is 26.3 Å². The molecule has 2 heterocycles. The molecule has 18 heavy (non-hydrogen) atoms. The zero-order valence-corrected chi connectivity index (χ0v) is 11.6. The Labute approximate surface area is 108 Å². The number of rotatable bonds is 3. The van der Waals surface area contributed by atoms with Crippen molar-refractivity contribution in [3.63, 3.8) is 0 Å². The van der Waals surface area contributed by atoms with Crippen LogP contribution in [0.15, 0.2) is 12.4 Å². The Morgan fingerprint density at radius 2 is 2.28 bits per heavy atom. The van der Waals surface area contributed by atoms with Crippen LogP contribution in [0.3, 0.4) is 0 Å². The van der Waals surface area contributed by atoms with E-state index in [1.165, 1.54) is 0 Å². The van der Waals surface area contributed by atoms with Crippen molar-refractivity contribution < 1.29 is 4.79 Å². The van der Waals surface area contributed by atoms with Gasteiger partial charge in [0.2, 0.25) is 5.91 Å². The third-order valence-electron chi connectivity index (χ3n) is 3.58. The van der Waals surface area contributed by atoms with Gasteiger partial charge in [0.1, 0.15) is 6.04 Å². The van der Waals surface area contributed by atoms with Crippen molar-refractivity contribution >= 4 is 5.91 Å². The molecule has 1 fully saturated rings. The highest BCUT2D eigenvalue weighted by Crippen LogP contribution is 2.30. The van der Waals surface area contributed by atoms with Crippen LogP contribution >= 0.6 is 0 Å². The lowest BCUT2D eigenvalue weighted by molar-refractivity contribution is -0.132. The highest BCUT2D eigenvalue weighted by molar-refractivity contribution is 5.83. The van der Waals surface area contributed by atoms with E-state index < -0.39 is 0 Å². The number of nitrogens with one attached hydrogen (secondary N) is 1. The molecule has 1 aliphatic rings. The Morgan fingerprint density at radius 1 is 1.56 bits per heavy atom. The predicted molar refractivity (Wildman–Crippen MR) is 70.0 cm³/mol. The minimum absolute atomic E-state index is 0.149. The van der Waals surface area contributed by atoms with Crippen molar-refractivity contribution in [3.8, 4) is 0 Å². The fourth-order valence-corrected chi connectivity index (χ4v) is 2.51. The van der Waals surface area contributed by atoms with Crippen LogP contribution in [0.25, 0.3) is 0 Å². The number of aromatic nitrogens is 2. The van der Waals surface area contributed by atoms with Gasteiger partial charge >= 0.3 is 0 Å². The van der Waals surface area contributed by atoms with Crippen molar-refractivity contribution in [2.75, 3.05) is 20.1 Å². The number of likely N-dealkylation sites (tertiary alicyclic amines) is 1. The maximum absolute atomic E-state index is 12.5. The molecular weight excluding hydrogens is 228 g/mol. The molecule has 0 radical (unpaired) electrons. The molecule has 0 aliphatic carbocycles. The molecule has 1 amide bonds. The lowest BCUT2D eigenvalue weighted by Crippen LogP contribution is -2.39. The average Bonchev–Trinajstić information content (AvgIpc) is 2.86. The van der Waals surface area contributed by atoms with Gasteiger partial charge < -0.3 is 10.2 Å². The van der Waals surface area contributed by atoms with Crippen molar-refractivity contribution in [1.82, 2.24) is 20.0 Å². The summed E-state index contributed by atoms with van der Waals surface area (Å²) in [4.78, 5) is 14.5. The summed E-state index contributed by atoms with van der Waals surface area (Å²) >= 11 is 0. The van der Waals surface area contributed by atoms with Gasteiger partial charge in [0.05, 0.1) is 6.20 Å². The molecule has 100 valence electrons. The van der Waals surface area contributed by atoms with Gasteiger partial charge in [-0.05, 0) is 18.9 Å². The molecule has 1 aromatic rings. The Bertz CT molecular complexity index is 438. The van der Waals surface area contributed by atoms with Gasteiger partial charge in [-0.25, -0.2) is 0 Å². The van der Waals surface area contributed by atoms with E-state index in [2.05, 4.69) is 24.3 Å². The summed E-state index contributed by atoms with van der Waals surface area (Å²) in [6.07, 6.45) is 4.71. The SMILES string of the molecule is CNC(C(=O)N1CCC(C)(C)C1)c1cnn(C)c1. The first kappa shape index (κ1) is 13.1. The maximum Gasteiger partial charge on any atom is 0.244 e. The number of hydrogen-bond donors (Lipinski definition) is 1. The summed E-state index contributed by atoms with van der Waals surface area (Å²) in [7, 11) is 3.68. The van der Waals surface area contributed by atoms with Crippen LogP contribution in [0.2, 0.25) is 0 Å². The van der Waals surface area contributed by atoms with Crippen LogP contribution in [-0.2, 0) is 11.8 Å². The molecule has 0 saturated carbocycles. The Morgan fingerprint density at radius 3 is 2.72 bits per heavy atom. The number of amides is 1. The second-order valence-electron chi connectivity index (χ2n) is 5.84. The van der Waals surface area contributed by atoms with Crippen LogP contribution in [0.4, 0.5) is 0 Å². The molecule has 0 bridgehead atoms. The summed E-state index contributed by atoms with van der Waals surface area (Å²) < 4.78 is 1.72. The molecule has 5 nitrogen and oxygen atoms in total. The number of likely N-dealkylation sites (N-methyl/N-ethyl adjacent to an activating group) is 1. The van der Waals surface area contributed by atoms with E-state index in [0.717, 1.165) is 25.1 Å². The van der Waals surface area contributed by atoms with E-state index in [0.29, 0.717) is 0 Å². The molecule has 0 aromatic carbocycles. The number of aryl methyl sites for hydroxylation is 1. The fourth-order valence-electron chi connectivity index (χ4n) is 2.51. The number of carbonyl (C=O) groups excluding carboxylic acids is 1. The van der Waals surface area contributed by atoms with E-state index in [9.17, 15) is 4.79 Å². The first-order valence-electron chi connectivity index (χ1n) is 6.37. The fraction of sp³-hybridized carbons (Fsp3) is 0.692. The first-order valence-corrected chi connectivity index (χ1v) is 6.37. The topological polar surface area (TPSA) is 50.2 Å². The molecule has 1 N–H and O–H groups in total. The standard InChI is InChI=1S/C13H22N4O/c1-13(2)5-6-17(9-13)12(18)11(14-3)10-7-15-16(4)8-10/h7-8,11,14H,5-6,9H2,1-4H3. The zero-order valence-electron chi connectivity index (χ0n) is 11.6.